The molecule has 7 nitrogen and oxygen atoms in total. The van der Waals surface area contributed by atoms with Crippen LogP contribution in [0.25, 0.3) is 16.9 Å². The quantitative estimate of drug-likeness (QED) is 0.416. The third-order valence-corrected chi connectivity index (χ3v) is 5.23. The maximum absolute atomic E-state index is 13.0. The summed E-state index contributed by atoms with van der Waals surface area (Å²) in [6.45, 7) is 0.622. The van der Waals surface area contributed by atoms with Gasteiger partial charge in [0.25, 0.3) is 5.91 Å². The van der Waals surface area contributed by atoms with E-state index in [2.05, 4.69) is 20.7 Å². The normalized spacial score (nSPS) is 10.6. The summed E-state index contributed by atoms with van der Waals surface area (Å²) in [4.78, 5) is 29.1. The summed E-state index contributed by atoms with van der Waals surface area (Å²) in [6.07, 6.45) is 5.21. The predicted molar refractivity (Wildman–Crippen MR) is 127 cm³/mol. The van der Waals surface area contributed by atoms with Crippen LogP contribution < -0.4 is 10.6 Å². The molecule has 2 N–H and O–H groups in total. The van der Waals surface area contributed by atoms with Crippen molar-refractivity contribution in [2.45, 2.75) is 13.0 Å². The lowest BCUT2D eigenvalue weighted by Gasteiger charge is -2.07. The Labute approximate surface area is 196 Å². The molecule has 2 aromatic heterocycles. The van der Waals surface area contributed by atoms with Gasteiger partial charge in [0.2, 0.25) is 5.91 Å². The molecule has 2 heterocycles. The van der Waals surface area contributed by atoms with E-state index in [0.29, 0.717) is 22.8 Å². The number of aromatic nitrogens is 3. The lowest BCUT2D eigenvalue weighted by Crippen LogP contribution is -2.30. The minimum absolute atomic E-state index is 0.148. The summed E-state index contributed by atoms with van der Waals surface area (Å²) < 4.78 is 1.67. The van der Waals surface area contributed by atoms with Crippen LogP contribution in [-0.2, 0) is 11.3 Å². The summed E-state index contributed by atoms with van der Waals surface area (Å²) in [5.41, 5.74) is 3.52. The summed E-state index contributed by atoms with van der Waals surface area (Å²) in [5, 5.41) is 10.9. The van der Waals surface area contributed by atoms with Crippen LogP contribution in [0.4, 0.5) is 0 Å². The van der Waals surface area contributed by atoms with Gasteiger partial charge in [-0.3, -0.25) is 14.6 Å². The van der Waals surface area contributed by atoms with E-state index in [4.69, 9.17) is 11.6 Å². The fourth-order valence-electron chi connectivity index (χ4n) is 3.25. The van der Waals surface area contributed by atoms with Crippen LogP contribution >= 0.6 is 11.6 Å². The molecule has 4 rings (SSSR count). The van der Waals surface area contributed by atoms with Crippen molar-refractivity contribution in [3.63, 3.8) is 0 Å². The van der Waals surface area contributed by atoms with Gasteiger partial charge in [0.05, 0.1) is 11.3 Å². The molecule has 0 radical (unpaired) electrons. The Balaban J connectivity index is 1.44. The SMILES string of the molecule is O=C(CCNC(=O)c1cn(-c2ccccc2)nc1-c1ccc(Cl)cc1)NCc1ccncc1. The summed E-state index contributed by atoms with van der Waals surface area (Å²) in [6, 6.07) is 20.4. The van der Waals surface area contributed by atoms with E-state index in [0.717, 1.165) is 16.8 Å². The second kappa shape index (κ2) is 10.6. The zero-order valence-electron chi connectivity index (χ0n) is 17.7. The highest BCUT2D eigenvalue weighted by Crippen LogP contribution is 2.25. The number of para-hydroxylation sites is 1. The number of hydrogen-bond donors (Lipinski definition) is 2. The van der Waals surface area contributed by atoms with Gasteiger partial charge in [0.1, 0.15) is 5.69 Å². The van der Waals surface area contributed by atoms with Crippen molar-refractivity contribution in [3.8, 4) is 16.9 Å². The van der Waals surface area contributed by atoms with Gasteiger partial charge in [-0.2, -0.15) is 5.10 Å². The van der Waals surface area contributed by atoms with Crippen molar-refractivity contribution in [3.05, 3.63) is 101 Å². The van der Waals surface area contributed by atoms with Gasteiger partial charge in [0.15, 0.2) is 0 Å². The van der Waals surface area contributed by atoms with E-state index in [-0.39, 0.29) is 24.8 Å². The molecular weight excluding hydrogens is 438 g/mol. The van der Waals surface area contributed by atoms with Crippen LogP contribution in [0.5, 0.6) is 0 Å². The number of amides is 2. The Hall–Kier alpha value is -3.97. The molecule has 0 spiro atoms. The number of nitrogens with one attached hydrogen (secondary N) is 2. The number of carbonyl (C=O) groups is 2. The summed E-state index contributed by atoms with van der Waals surface area (Å²) >= 11 is 6.02. The van der Waals surface area contributed by atoms with Crippen molar-refractivity contribution >= 4 is 23.4 Å². The summed E-state index contributed by atoms with van der Waals surface area (Å²) in [7, 11) is 0. The van der Waals surface area contributed by atoms with E-state index in [1.165, 1.54) is 0 Å². The molecule has 0 aliphatic carbocycles. The average Bonchev–Trinajstić information content (AvgIpc) is 3.30. The standard InChI is InChI=1S/C25H22ClN5O2/c26-20-8-6-19(7-9-20)24-22(17-31(30-24)21-4-2-1-3-5-21)25(33)28-15-12-23(32)29-16-18-10-13-27-14-11-18/h1-11,13-14,17H,12,15-16H2,(H,28,33)(H,29,32). The molecular formula is C25H22ClN5O2. The molecule has 0 bridgehead atoms. The number of hydrogen-bond acceptors (Lipinski definition) is 4. The zero-order chi connectivity index (χ0) is 23.0. The molecule has 4 aromatic rings. The largest absolute Gasteiger partial charge is 0.352 e. The lowest BCUT2D eigenvalue weighted by atomic mass is 10.1. The van der Waals surface area contributed by atoms with Gasteiger partial charge in [0, 0.05) is 48.7 Å². The fourth-order valence-corrected chi connectivity index (χ4v) is 3.37. The predicted octanol–water partition coefficient (Wildman–Crippen LogP) is 4.02. The maximum Gasteiger partial charge on any atom is 0.255 e. The molecule has 0 fully saturated rings. The molecule has 0 atom stereocenters. The van der Waals surface area contributed by atoms with Crippen LogP contribution in [0.3, 0.4) is 0 Å². The lowest BCUT2D eigenvalue weighted by molar-refractivity contribution is -0.121. The topological polar surface area (TPSA) is 88.9 Å². The van der Waals surface area contributed by atoms with E-state index < -0.39 is 0 Å². The third kappa shape index (κ3) is 5.84. The molecule has 0 saturated heterocycles. The van der Waals surface area contributed by atoms with Crippen molar-refractivity contribution in [2.24, 2.45) is 0 Å². The van der Waals surface area contributed by atoms with E-state index >= 15 is 0 Å². The number of nitrogens with zero attached hydrogens (tertiary/aromatic N) is 3. The molecule has 2 amide bonds. The molecule has 0 unspecified atom stereocenters. The monoisotopic (exact) mass is 459 g/mol. The molecule has 8 heteroatoms. The molecule has 0 aliphatic rings. The van der Waals surface area contributed by atoms with E-state index in [1.807, 2.05) is 54.6 Å². The minimum Gasteiger partial charge on any atom is -0.352 e. The number of halogens is 1. The van der Waals surface area contributed by atoms with E-state index in [1.54, 1.807) is 35.4 Å². The van der Waals surface area contributed by atoms with Crippen molar-refractivity contribution < 1.29 is 9.59 Å². The zero-order valence-corrected chi connectivity index (χ0v) is 18.5. The second-order valence-corrected chi connectivity index (χ2v) is 7.75. The van der Waals surface area contributed by atoms with Crippen LogP contribution in [-0.4, -0.2) is 33.1 Å². The van der Waals surface area contributed by atoms with Gasteiger partial charge >= 0.3 is 0 Å². The Kier molecular flexibility index (Phi) is 7.12. The van der Waals surface area contributed by atoms with Gasteiger partial charge in [-0.25, -0.2) is 4.68 Å². The van der Waals surface area contributed by atoms with Gasteiger partial charge < -0.3 is 10.6 Å². The minimum atomic E-state index is -0.302. The van der Waals surface area contributed by atoms with Crippen LogP contribution in [0.2, 0.25) is 5.02 Å². The third-order valence-electron chi connectivity index (χ3n) is 4.97. The van der Waals surface area contributed by atoms with Gasteiger partial charge in [-0.05, 0) is 42.0 Å². The molecule has 0 aliphatic heterocycles. The highest BCUT2D eigenvalue weighted by molar-refractivity contribution is 6.30. The highest BCUT2D eigenvalue weighted by Gasteiger charge is 2.19. The average molecular weight is 460 g/mol. The highest BCUT2D eigenvalue weighted by atomic mass is 35.5. The van der Waals surface area contributed by atoms with Crippen molar-refractivity contribution in [2.75, 3.05) is 6.54 Å². The van der Waals surface area contributed by atoms with Crippen LogP contribution in [0, 0.1) is 0 Å². The second-order valence-electron chi connectivity index (χ2n) is 7.32. The number of benzene rings is 2. The molecule has 2 aromatic carbocycles. The van der Waals surface area contributed by atoms with Crippen molar-refractivity contribution in [1.29, 1.82) is 0 Å². The van der Waals surface area contributed by atoms with Gasteiger partial charge in [-0.15, -0.1) is 0 Å². The van der Waals surface area contributed by atoms with Gasteiger partial charge in [-0.1, -0.05) is 41.9 Å². The van der Waals surface area contributed by atoms with Crippen molar-refractivity contribution in [1.82, 2.24) is 25.4 Å². The fraction of sp³-hybridized carbons (Fsp3) is 0.120. The smallest absolute Gasteiger partial charge is 0.255 e. The molecule has 33 heavy (non-hydrogen) atoms. The number of pyridine rings is 1. The molecule has 0 saturated carbocycles. The Morgan fingerprint density at radius 3 is 2.36 bits per heavy atom. The number of rotatable bonds is 8. The van der Waals surface area contributed by atoms with E-state index in [9.17, 15) is 9.59 Å². The molecule has 166 valence electrons. The maximum atomic E-state index is 13.0. The van der Waals surface area contributed by atoms with Crippen LogP contribution in [0.1, 0.15) is 22.3 Å². The first-order valence-corrected chi connectivity index (χ1v) is 10.8. The Morgan fingerprint density at radius 1 is 0.909 bits per heavy atom. The Bertz CT molecular complexity index is 1220. The first-order valence-electron chi connectivity index (χ1n) is 10.4. The summed E-state index contributed by atoms with van der Waals surface area (Å²) in [5.74, 6) is -0.450. The number of carbonyl (C=O) groups excluding carboxylic acids is 2. The van der Waals surface area contributed by atoms with Crippen LogP contribution in [0.15, 0.2) is 85.3 Å². The first kappa shape index (κ1) is 22.2. The first-order chi connectivity index (χ1) is 16.1. The Morgan fingerprint density at radius 2 is 1.64 bits per heavy atom.